The second-order valence-electron chi connectivity index (χ2n) is 6.22. The van der Waals surface area contributed by atoms with Crippen LogP contribution in [0.15, 0.2) is 66.9 Å². The van der Waals surface area contributed by atoms with E-state index in [-0.39, 0.29) is 0 Å². The molecule has 0 amide bonds. The third-order valence-electron chi connectivity index (χ3n) is 4.90. The molecule has 1 aliphatic heterocycles. The maximum Gasteiger partial charge on any atom is 0.0615 e. The van der Waals surface area contributed by atoms with Crippen LogP contribution >= 0.6 is 0 Å². The van der Waals surface area contributed by atoms with Crippen LogP contribution < -0.4 is 5.32 Å². The van der Waals surface area contributed by atoms with Crippen molar-refractivity contribution in [1.29, 1.82) is 0 Å². The second kappa shape index (κ2) is 5.98. The van der Waals surface area contributed by atoms with Crippen LogP contribution in [0.4, 0.5) is 0 Å². The van der Waals surface area contributed by atoms with E-state index in [0.717, 1.165) is 13.1 Å². The van der Waals surface area contributed by atoms with Gasteiger partial charge in [-0.3, -0.25) is 0 Å². The maximum atomic E-state index is 3.49. The summed E-state index contributed by atoms with van der Waals surface area (Å²) in [5.74, 6) is 0.694. The molecule has 2 nitrogen and oxygen atoms in total. The van der Waals surface area contributed by atoms with Crippen LogP contribution in [0, 0.1) is 5.92 Å². The van der Waals surface area contributed by atoms with E-state index in [1.165, 1.54) is 29.3 Å². The van der Waals surface area contributed by atoms with Crippen LogP contribution in [-0.4, -0.2) is 17.7 Å². The molecule has 1 atom stereocenters. The number of nitrogens with one attached hydrogen (secondary N) is 1. The predicted octanol–water partition coefficient (Wildman–Crippen LogP) is 4.23. The minimum absolute atomic E-state index is 0.434. The quantitative estimate of drug-likeness (QED) is 0.764. The van der Waals surface area contributed by atoms with Crippen LogP contribution in [-0.2, 0) is 0 Å². The first kappa shape index (κ1) is 13.6. The van der Waals surface area contributed by atoms with Gasteiger partial charge in [-0.15, -0.1) is 0 Å². The van der Waals surface area contributed by atoms with Crippen LogP contribution in [0.1, 0.15) is 24.4 Å². The van der Waals surface area contributed by atoms with Crippen LogP contribution in [0.3, 0.4) is 0 Å². The Morgan fingerprint density at radius 1 is 0.864 bits per heavy atom. The van der Waals surface area contributed by atoms with Crippen molar-refractivity contribution in [2.45, 2.75) is 18.9 Å². The molecule has 1 fully saturated rings. The largest absolute Gasteiger partial charge is 0.340 e. The fourth-order valence-electron chi connectivity index (χ4n) is 3.82. The van der Waals surface area contributed by atoms with Gasteiger partial charge < -0.3 is 9.88 Å². The third kappa shape index (κ3) is 2.44. The number of hydrogen-bond acceptors (Lipinski definition) is 1. The van der Waals surface area contributed by atoms with Crippen LogP contribution in [0.2, 0.25) is 0 Å². The lowest BCUT2D eigenvalue weighted by Gasteiger charge is -2.33. The first-order valence-electron chi connectivity index (χ1n) is 8.25. The molecule has 2 heterocycles. The van der Waals surface area contributed by atoms with Crippen molar-refractivity contribution >= 4 is 10.9 Å². The molecule has 0 aliphatic carbocycles. The van der Waals surface area contributed by atoms with Gasteiger partial charge in [0.15, 0.2) is 0 Å². The number of fused-ring (bicyclic) bond motifs is 1. The summed E-state index contributed by atoms with van der Waals surface area (Å²) in [5.41, 5.74) is 2.77. The molecule has 2 heteroatoms. The Labute approximate surface area is 131 Å². The number of hydrogen-bond donors (Lipinski definition) is 1. The van der Waals surface area contributed by atoms with Gasteiger partial charge in [0.1, 0.15) is 0 Å². The highest BCUT2D eigenvalue weighted by Gasteiger charge is 2.26. The summed E-state index contributed by atoms with van der Waals surface area (Å²) in [4.78, 5) is 0. The van der Waals surface area contributed by atoms with Crippen molar-refractivity contribution in [3.63, 3.8) is 0 Å². The monoisotopic (exact) mass is 290 g/mol. The molecule has 0 spiro atoms. The summed E-state index contributed by atoms with van der Waals surface area (Å²) in [6.45, 7) is 2.26. The van der Waals surface area contributed by atoms with E-state index in [1.807, 2.05) is 0 Å². The molecule has 3 aromatic rings. The third-order valence-corrected chi connectivity index (χ3v) is 4.90. The SMILES string of the molecule is c1ccc(C(C2CCNCC2)n2ccc3ccccc32)cc1. The van der Waals surface area contributed by atoms with Crippen molar-refractivity contribution < 1.29 is 0 Å². The molecule has 112 valence electrons. The number of benzene rings is 2. The van der Waals surface area contributed by atoms with Gasteiger partial charge in [-0.05, 0) is 54.9 Å². The molecule has 22 heavy (non-hydrogen) atoms. The average molecular weight is 290 g/mol. The zero-order valence-corrected chi connectivity index (χ0v) is 12.8. The summed E-state index contributed by atoms with van der Waals surface area (Å²) in [5, 5.41) is 4.83. The van der Waals surface area contributed by atoms with Crippen molar-refractivity contribution in [3.8, 4) is 0 Å². The lowest BCUT2D eigenvalue weighted by Crippen LogP contribution is -2.33. The lowest BCUT2D eigenvalue weighted by atomic mass is 9.85. The van der Waals surface area contributed by atoms with E-state index < -0.39 is 0 Å². The summed E-state index contributed by atoms with van der Waals surface area (Å²) in [6, 6.07) is 22.4. The van der Waals surface area contributed by atoms with E-state index >= 15 is 0 Å². The van der Waals surface area contributed by atoms with Crippen molar-refractivity contribution in [2.75, 3.05) is 13.1 Å². The zero-order valence-electron chi connectivity index (χ0n) is 12.8. The normalized spacial score (nSPS) is 17.6. The van der Waals surface area contributed by atoms with Gasteiger partial charge in [0.2, 0.25) is 0 Å². The number of rotatable bonds is 3. The van der Waals surface area contributed by atoms with E-state index in [4.69, 9.17) is 0 Å². The Bertz CT molecular complexity index is 739. The highest BCUT2D eigenvalue weighted by atomic mass is 15.0. The van der Waals surface area contributed by atoms with Crippen molar-refractivity contribution in [3.05, 3.63) is 72.4 Å². The molecule has 2 aromatic carbocycles. The summed E-state index contributed by atoms with van der Waals surface area (Å²) < 4.78 is 2.49. The molecule has 1 N–H and O–H groups in total. The van der Waals surface area contributed by atoms with Crippen LogP contribution in [0.25, 0.3) is 10.9 Å². The fourth-order valence-corrected chi connectivity index (χ4v) is 3.82. The number of nitrogens with zero attached hydrogens (tertiary/aromatic N) is 1. The molecule has 1 aromatic heterocycles. The minimum atomic E-state index is 0.434. The molecule has 1 saturated heterocycles. The Hall–Kier alpha value is -2.06. The van der Waals surface area contributed by atoms with Crippen molar-refractivity contribution in [1.82, 2.24) is 9.88 Å². The average Bonchev–Trinajstić information content (AvgIpc) is 3.01. The van der Waals surface area contributed by atoms with Crippen LogP contribution in [0.5, 0.6) is 0 Å². The Morgan fingerprint density at radius 3 is 2.41 bits per heavy atom. The minimum Gasteiger partial charge on any atom is -0.340 e. The highest BCUT2D eigenvalue weighted by molar-refractivity contribution is 5.80. The molecular weight excluding hydrogens is 268 g/mol. The molecule has 1 unspecified atom stereocenters. The molecule has 4 rings (SSSR count). The van der Waals surface area contributed by atoms with Gasteiger partial charge in [0, 0.05) is 11.7 Å². The van der Waals surface area contributed by atoms with E-state index in [2.05, 4.69) is 76.7 Å². The number of para-hydroxylation sites is 1. The first-order chi connectivity index (χ1) is 10.9. The fraction of sp³-hybridized carbons (Fsp3) is 0.300. The maximum absolute atomic E-state index is 3.49. The van der Waals surface area contributed by atoms with Crippen molar-refractivity contribution in [2.24, 2.45) is 5.92 Å². The molecule has 1 aliphatic rings. The van der Waals surface area contributed by atoms with Gasteiger partial charge in [-0.1, -0.05) is 48.5 Å². The topological polar surface area (TPSA) is 17.0 Å². The zero-order chi connectivity index (χ0) is 14.8. The summed E-state index contributed by atoms with van der Waals surface area (Å²) in [6.07, 6.45) is 4.75. The molecular formula is C20H22N2. The predicted molar refractivity (Wildman–Crippen MR) is 92.1 cm³/mol. The Kier molecular flexibility index (Phi) is 3.69. The summed E-state index contributed by atoms with van der Waals surface area (Å²) >= 11 is 0. The first-order valence-corrected chi connectivity index (χ1v) is 8.25. The number of piperidine rings is 1. The van der Waals surface area contributed by atoms with E-state index in [0.29, 0.717) is 12.0 Å². The number of aromatic nitrogens is 1. The van der Waals surface area contributed by atoms with Gasteiger partial charge in [-0.2, -0.15) is 0 Å². The van der Waals surface area contributed by atoms with Gasteiger partial charge in [0.25, 0.3) is 0 Å². The Morgan fingerprint density at radius 2 is 1.59 bits per heavy atom. The van der Waals surface area contributed by atoms with Gasteiger partial charge in [0.05, 0.1) is 6.04 Å². The highest BCUT2D eigenvalue weighted by Crippen LogP contribution is 2.35. The molecule has 0 bridgehead atoms. The van der Waals surface area contributed by atoms with E-state index in [9.17, 15) is 0 Å². The molecule has 0 saturated carbocycles. The Balaban J connectivity index is 1.83. The second-order valence-corrected chi connectivity index (χ2v) is 6.22. The van der Waals surface area contributed by atoms with E-state index in [1.54, 1.807) is 0 Å². The van der Waals surface area contributed by atoms with Gasteiger partial charge in [-0.25, -0.2) is 0 Å². The standard InChI is InChI=1S/C20H22N2/c1-2-7-17(8-3-1)20(18-10-13-21-14-11-18)22-15-12-16-6-4-5-9-19(16)22/h1-9,12,15,18,20-21H,10-11,13-14H2. The van der Waals surface area contributed by atoms with Gasteiger partial charge >= 0.3 is 0 Å². The molecule has 0 radical (unpaired) electrons. The lowest BCUT2D eigenvalue weighted by molar-refractivity contribution is 0.296. The smallest absolute Gasteiger partial charge is 0.0615 e. The summed E-state index contributed by atoms with van der Waals surface area (Å²) in [7, 11) is 0.